The molecule has 0 saturated carbocycles. The quantitative estimate of drug-likeness (QED) is 0.641. The minimum absolute atomic E-state index is 0.0153. The first kappa shape index (κ1) is 15.0. The Hall–Kier alpha value is -2.96. The van der Waals surface area contributed by atoms with Crippen LogP contribution in [0.2, 0.25) is 0 Å². The van der Waals surface area contributed by atoms with Crippen LogP contribution in [0.4, 0.5) is 17.1 Å². The summed E-state index contributed by atoms with van der Waals surface area (Å²) in [6.07, 6.45) is 2.28. The molecule has 2 aromatic rings. The molecule has 0 N–H and O–H groups in total. The fraction of sp³-hybridized carbons (Fsp3) is 0.250. The number of fused-ring (bicyclic) bond motifs is 1. The van der Waals surface area contributed by atoms with E-state index in [1.54, 1.807) is 23.2 Å². The summed E-state index contributed by atoms with van der Waals surface area (Å²) in [6, 6.07) is 8.18. The molecule has 3 rings (SSSR count). The molecule has 1 aliphatic rings. The van der Waals surface area contributed by atoms with E-state index in [1.807, 2.05) is 25.1 Å². The van der Waals surface area contributed by atoms with Crippen LogP contribution in [-0.2, 0) is 6.42 Å². The topological polar surface area (TPSA) is 79.6 Å². The highest BCUT2D eigenvalue weighted by molar-refractivity contribution is 6.06. The zero-order valence-corrected chi connectivity index (χ0v) is 12.9. The van der Waals surface area contributed by atoms with Crippen LogP contribution in [0.1, 0.15) is 16.1 Å². The predicted octanol–water partition coefficient (Wildman–Crippen LogP) is 2.26. The summed E-state index contributed by atoms with van der Waals surface area (Å²) in [7, 11) is 3.77. The number of aromatic nitrogens is 1. The van der Waals surface area contributed by atoms with Crippen LogP contribution >= 0.6 is 0 Å². The van der Waals surface area contributed by atoms with Crippen molar-refractivity contribution in [2.75, 3.05) is 30.4 Å². The number of hydrogen-bond acceptors (Lipinski definition) is 5. The Morgan fingerprint density at radius 1 is 1.30 bits per heavy atom. The number of pyridine rings is 1. The monoisotopic (exact) mass is 312 g/mol. The minimum Gasteiger partial charge on any atom is -0.378 e. The Morgan fingerprint density at radius 3 is 2.78 bits per heavy atom. The standard InChI is InChI=1S/C16H16N4O3/c1-18(2)12-5-7-17-14(9-12)16(21)19-8-6-11-3-4-13(20(22)23)10-15(11)19/h3-5,7,9-10H,6,8H2,1-2H3. The highest BCUT2D eigenvalue weighted by Crippen LogP contribution is 2.32. The molecule has 0 spiro atoms. The molecule has 0 atom stereocenters. The molecule has 0 bridgehead atoms. The number of benzene rings is 1. The molecular formula is C16H16N4O3. The number of nitrogens with zero attached hydrogens (tertiary/aromatic N) is 4. The number of carbonyl (C=O) groups is 1. The third-order valence-corrected chi connectivity index (χ3v) is 3.90. The van der Waals surface area contributed by atoms with Crippen LogP contribution in [0.15, 0.2) is 36.5 Å². The average Bonchev–Trinajstić information content (AvgIpc) is 2.97. The van der Waals surface area contributed by atoms with E-state index in [0.717, 1.165) is 11.3 Å². The van der Waals surface area contributed by atoms with E-state index >= 15 is 0 Å². The van der Waals surface area contributed by atoms with Crippen LogP contribution in [0, 0.1) is 10.1 Å². The SMILES string of the molecule is CN(C)c1ccnc(C(=O)N2CCc3ccc([N+](=O)[O-])cc32)c1. The molecule has 2 heterocycles. The summed E-state index contributed by atoms with van der Waals surface area (Å²) < 4.78 is 0. The third kappa shape index (κ3) is 2.73. The summed E-state index contributed by atoms with van der Waals surface area (Å²) in [5, 5.41) is 11.0. The molecule has 118 valence electrons. The van der Waals surface area contributed by atoms with Crippen LogP contribution in [-0.4, -0.2) is 36.5 Å². The van der Waals surface area contributed by atoms with Gasteiger partial charge < -0.3 is 9.80 Å². The van der Waals surface area contributed by atoms with Gasteiger partial charge in [0.2, 0.25) is 0 Å². The van der Waals surface area contributed by atoms with E-state index < -0.39 is 4.92 Å². The predicted molar refractivity (Wildman–Crippen MR) is 87.0 cm³/mol. The molecule has 7 heteroatoms. The van der Waals surface area contributed by atoms with Crippen molar-refractivity contribution in [3.05, 3.63) is 57.9 Å². The van der Waals surface area contributed by atoms with Crippen molar-refractivity contribution in [2.24, 2.45) is 0 Å². The van der Waals surface area contributed by atoms with E-state index in [-0.39, 0.29) is 11.6 Å². The molecule has 0 fully saturated rings. The normalized spacial score (nSPS) is 12.9. The lowest BCUT2D eigenvalue weighted by Crippen LogP contribution is -2.29. The highest BCUT2D eigenvalue weighted by Gasteiger charge is 2.28. The number of anilines is 2. The lowest BCUT2D eigenvalue weighted by atomic mass is 10.1. The summed E-state index contributed by atoms with van der Waals surface area (Å²) in [5.74, 6) is -0.243. The van der Waals surface area contributed by atoms with Crippen molar-refractivity contribution < 1.29 is 9.72 Å². The number of hydrogen-bond donors (Lipinski definition) is 0. The highest BCUT2D eigenvalue weighted by atomic mass is 16.6. The maximum Gasteiger partial charge on any atom is 0.276 e. The summed E-state index contributed by atoms with van der Waals surface area (Å²) >= 11 is 0. The van der Waals surface area contributed by atoms with Crippen molar-refractivity contribution in [3.63, 3.8) is 0 Å². The largest absolute Gasteiger partial charge is 0.378 e. The molecule has 23 heavy (non-hydrogen) atoms. The van der Waals surface area contributed by atoms with Crippen LogP contribution in [0.3, 0.4) is 0 Å². The van der Waals surface area contributed by atoms with Crippen LogP contribution in [0.5, 0.6) is 0 Å². The van der Waals surface area contributed by atoms with Gasteiger partial charge in [-0.3, -0.25) is 19.9 Å². The number of non-ortho nitro benzene ring substituents is 1. The smallest absolute Gasteiger partial charge is 0.276 e. The van der Waals surface area contributed by atoms with E-state index in [9.17, 15) is 14.9 Å². The Kier molecular flexibility index (Phi) is 3.69. The zero-order chi connectivity index (χ0) is 16.6. The molecule has 0 saturated heterocycles. The van der Waals surface area contributed by atoms with Gasteiger partial charge in [-0.15, -0.1) is 0 Å². The van der Waals surface area contributed by atoms with Gasteiger partial charge in [0, 0.05) is 44.7 Å². The molecule has 1 aromatic carbocycles. The second kappa shape index (κ2) is 5.68. The molecule has 1 aliphatic heterocycles. The van der Waals surface area contributed by atoms with Gasteiger partial charge in [-0.25, -0.2) is 0 Å². The average molecular weight is 312 g/mol. The molecule has 1 amide bonds. The summed E-state index contributed by atoms with van der Waals surface area (Å²) in [6.45, 7) is 0.503. The lowest BCUT2D eigenvalue weighted by Gasteiger charge is -2.18. The molecule has 1 aromatic heterocycles. The van der Waals surface area contributed by atoms with E-state index in [4.69, 9.17) is 0 Å². The van der Waals surface area contributed by atoms with Gasteiger partial charge in [0.05, 0.1) is 10.6 Å². The van der Waals surface area contributed by atoms with Gasteiger partial charge >= 0.3 is 0 Å². The first-order valence-electron chi connectivity index (χ1n) is 7.20. The molecule has 0 aliphatic carbocycles. The van der Waals surface area contributed by atoms with E-state index in [2.05, 4.69) is 4.98 Å². The van der Waals surface area contributed by atoms with Gasteiger partial charge in [0.25, 0.3) is 11.6 Å². The second-order valence-electron chi connectivity index (χ2n) is 5.57. The molecule has 0 radical (unpaired) electrons. The fourth-order valence-electron chi connectivity index (χ4n) is 2.64. The van der Waals surface area contributed by atoms with Crippen molar-refractivity contribution in [2.45, 2.75) is 6.42 Å². The van der Waals surface area contributed by atoms with E-state index in [1.165, 1.54) is 12.1 Å². The number of rotatable bonds is 3. The zero-order valence-electron chi connectivity index (χ0n) is 12.9. The Labute approximate surface area is 133 Å². The van der Waals surface area contributed by atoms with Crippen molar-refractivity contribution >= 4 is 23.0 Å². The second-order valence-corrected chi connectivity index (χ2v) is 5.57. The van der Waals surface area contributed by atoms with Crippen molar-refractivity contribution in [3.8, 4) is 0 Å². The van der Waals surface area contributed by atoms with Gasteiger partial charge in [0.15, 0.2) is 0 Å². The van der Waals surface area contributed by atoms with Gasteiger partial charge in [0.1, 0.15) is 5.69 Å². The number of amides is 1. The molecular weight excluding hydrogens is 296 g/mol. The minimum atomic E-state index is -0.452. The molecule has 0 unspecified atom stereocenters. The Balaban J connectivity index is 1.96. The lowest BCUT2D eigenvalue weighted by molar-refractivity contribution is -0.384. The fourth-order valence-corrected chi connectivity index (χ4v) is 2.64. The Morgan fingerprint density at radius 2 is 2.09 bits per heavy atom. The van der Waals surface area contributed by atoms with Gasteiger partial charge in [-0.05, 0) is 24.1 Å². The number of nitro groups is 1. The first-order chi connectivity index (χ1) is 11.0. The van der Waals surface area contributed by atoms with Crippen LogP contribution < -0.4 is 9.80 Å². The van der Waals surface area contributed by atoms with Crippen molar-refractivity contribution in [1.82, 2.24) is 4.98 Å². The third-order valence-electron chi connectivity index (χ3n) is 3.90. The number of nitro benzene ring substituents is 1. The van der Waals surface area contributed by atoms with Gasteiger partial charge in [-0.1, -0.05) is 6.07 Å². The maximum atomic E-state index is 12.7. The maximum absolute atomic E-state index is 12.7. The first-order valence-corrected chi connectivity index (χ1v) is 7.20. The van der Waals surface area contributed by atoms with Gasteiger partial charge in [-0.2, -0.15) is 0 Å². The molecule has 7 nitrogen and oxygen atoms in total. The summed E-state index contributed by atoms with van der Waals surface area (Å²) in [4.78, 5) is 30.8. The van der Waals surface area contributed by atoms with Crippen LogP contribution in [0.25, 0.3) is 0 Å². The Bertz CT molecular complexity index is 789. The van der Waals surface area contributed by atoms with Crippen molar-refractivity contribution in [1.29, 1.82) is 0 Å². The number of carbonyl (C=O) groups excluding carboxylic acids is 1. The van der Waals surface area contributed by atoms with E-state index in [0.29, 0.717) is 24.3 Å². The summed E-state index contributed by atoms with van der Waals surface area (Å²) in [5.41, 5.74) is 2.73.